The Morgan fingerprint density at radius 3 is 2.59 bits per heavy atom. The minimum Gasteiger partial charge on any atom is -0.395 e. The number of rotatable bonds is 11. The number of hydrogen-bond donors (Lipinski definition) is 5. The molecule has 8 nitrogen and oxygen atoms in total. The highest BCUT2D eigenvalue weighted by Crippen LogP contribution is 2.17. The van der Waals surface area contributed by atoms with E-state index in [4.69, 9.17) is 10.5 Å². The lowest BCUT2D eigenvalue weighted by Crippen LogP contribution is -2.29. The smallest absolute Gasteiger partial charge is 0.320 e. The molecule has 32 heavy (non-hydrogen) atoms. The fourth-order valence-electron chi connectivity index (χ4n) is 3.13. The maximum absolute atomic E-state index is 12.2. The molecule has 0 unspecified atom stereocenters. The predicted octanol–water partition coefficient (Wildman–Crippen LogP) is 3.35. The highest BCUT2D eigenvalue weighted by Gasteiger charge is 2.07. The molecule has 0 bridgehead atoms. The van der Waals surface area contributed by atoms with E-state index in [1.165, 1.54) is 11.8 Å². The van der Waals surface area contributed by atoms with E-state index in [-0.39, 0.29) is 12.6 Å². The van der Waals surface area contributed by atoms with Crippen LogP contribution in [0.5, 0.6) is 0 Å². The summed E-state index contributed by atoms with van der Waals surface area (Å²) in [6.07, 6.45) is 5.70. The number of pyridine rings is 2. The number of aliphatic hydroxyl groups excluding tert-OH is 1. The molecule has 2 amide bonds. The lowest BCUT2D eigenvalue weighted by molar-refractivity contribution is 0.252. The molecule has 2 heterocycles. The summed E-state index contributed by atoms with van der Waals surface area (Å²) in [6, 6.07) is 17.2. The van der Waals surface area contributed by atoms with Crippen LogP contribution in [0.15, 0.2) is 60.8 Å². The largest absolute Gasteiger partial charge is 0.395 e. The number of allylic oxidation sites excluding steroid dienone is 1. The first kappa shape index (κ1) is 22.9. The summed E-state index contributed by atoms with van der Waals surface area (Å²) in [4.78, 5) is 21.1. The van der Waals surface area contributed by atoms with Crippen LogP contribution in [-0.2, 0) is 6.42 Å². The topological polar surface area (TPSA) is 123 Å². The zero-order valence-corrected chi connectivity index (χ0v) is 17.8. The summed E-state index contributed by atoms with van der Waals surface area (Å²) < 4.78 is 0. The molecule has 0 saturated carbocycles. The van der Waals surface area contributed by atoms with Crippen LogP contribution in [0.2, 0.25) is 0 Å². The molecule has 166 valence electrons. The molecule has 0 fully saturated rings. The summed E-state index contributed by atoms with van der Waals surface area (Å²) in [5, 5.41) is 25.8. The van der Waals surface area contributed by atoms with E-state index in [9.17, 15) is 4.79 Å². The third kappa shape index (κ3) is 6.88. The molecule has 3 rings (SSSR count). The second kappa shape index (κ2) is 12.2. The molecule has 8 heteroatoms. The molecule has 0 atom stereocenters. The van der Waals surface area contributed by atoms with Crippen LogP contribution >= 0.6 is 0 Å². The van der Waals surface area contributed by atoms with Gasteiger partial charge in [0.05, 0.1) is 12.3 Å². The molecule has 0 aliphatic heterocycles. The van der Waals surface area contributed by atoms with Gasteiger partial charge in [0, 0.05) is 36.5 Å². The van der Waals surface area contributed by atoms with E-state index in [0.29, 0.717) is 35.8 Å². The van der Waals surface area contributed by atoms with Gasteiger partial charge in [0.1, 0.15) is 5.82 Å². The molecule has 5 N–H and O–H groups in total. The van der Waals surface area contributed by atoms with Crippen LogP contribution in [0.4, 0.5) is 10.6 Å². The van der Waals surface area contributed by atoms with E-state index in [1.54, 1.807) is 18.3 Å². The molecule has 1 aromatic carbocycles. The number of aromatic nitrogens is 2. The Balaban J connectivity index is 1.54. The van der Waals surface area contributed by atoms with Gasteiger partial charge in [-0.25, -0.2) is 14.8 Å². The number of anilines is 1. The van der Waals surface area contributed by atoms with Crippen LogP contribution in [0.3, 0.4) is 0 Å². The predicted molar refractivity (Wildman–Crippen MR) is 128 cm³/mol. The monoisotopic (exact) mass is 432 g/mol. The van der Waals surface area contributed by atoms with E-state index >= 15 is 0 Å². The number of carbonyl (C=O) groups excluding carboxylic acids is 1. The van der Waals surface area contributed by atoms with Gasteiger partial charge in [0.25, 0.3) is 0 Å². The Bertz CT molecular complexity index is 1070. The summed E-state index contributed by atoms with van der Waals surface area (Å²) in [6.45, 7) is 0.972. The van der Waals surface area contributed by atoms with Crippen LogP contribution in [-0.4, -0.2) is 47.0 Å². The van der Waals surface area contributed by atoms with Crippen molar-refractivity contribution in [2.75, 3.05) is 25.0 Å². The summed E-state index contributed by atoms with van der Waals surface area (Å²) in [7, 11) is 0. The van der Waals surface area contributed by atoms with Crippen molar-refractivity contribution in [3.63, 3.8) is 0 Å². The second-order valence-electron chi connectivity index (χ2n) is 7.19. The molecule has 2 aromatic heterocycles. The van der Waals surface area contributed by atoms with Crippen LogP contribution in [0.1, 0.15) is 24.1 Å². The van der Waals surface area contributed by atoms with Gasteiger partial charge >= 0.3 is 6.03 Å². The van der Waals surface area contributed by atoms with Crippen molar-refractivity contribution in [3.05, 3.63) is 72.1 Å². The van der Waals surface area contributed by atoms with Gasteiger partial charge in [-0.05, 0) is 49.1 Å². The van der Waals surface area contributed by atoms with E-state index in [2.05, 4.69) is 38.1 Å². The highest BCUT2D eigenvalue weighted by molar-refractivity contribution is 6.07. The first-order valence-electron chi connectivity index (χ1n) is 10.6. The average molecular weight is 433 g/mol. The maximum atomic E-state index is 12.2. The van der Waals surface area contributed by atoms with Crippen LogP contribution < -0.4 is 16.0 Å². The van der Waals surface area contributed by atoms with Crippen molar-refractivity contribution >= 4 is 34.7 Å². The van der Waals surface area contributed by atoms with E-state index in [1.807, 2.05) is 30.3 Å². The van der Waals surface area contributed by atoms with E-state index < -0.39 is 0 Å². The maximum Gasteiger partial charge on any atom is 0.320 e. The van der Waals surface area contributed by atoms with Crippen LogP contribution in [0, 0.1) is 5.41 Å². The quantitative estimate of drug-likeness (QED) is 0.235. The first-order valence-corrected chi connectivity index (χ1v) is 10.6. The average Bonchev–Trinajstić information content (AvgIpc) is 2.82. The Hall–Kier alpha value is -3.78. The number of aliphatic hydroxyl groups is 1. The molecule has 0 radical (unpaired) electrons. The Morgan fingerprint density at radius 2 is 1.81 bits per heavy atom. The lowest BCUT2D eigenvalue weighted by Gasteiger charge is -2.09. The number of amides is 2. The molecule has 3 aromatic rings. The van der Waals surface area contributed by atoms with Gasteiger partial charge in [-0.15, -0.1) is 0 Å². The highest BCUT2D eigenvalue weighted by atomic mass is 16.3. The van der Waals surface area contributed by atoms with Crippen molar-refractivity contribution in [1.29, 1.82) is 5.41 Å². The minimum absolute atomic E-state index is 0.00138. The molecular weight excluding hydrogens is 404 g/mol. The van der Waals surface area contributed by atoms with Crippen LogP contribution in [0.25, 0.3) is 16.6 Å². The molecule has 0 aliphatic carbocycles. The SMILES string of the molecule is N=C/C(=C\NCCO)c1ccc2ccc(NC(=O)NCCCCc3ccccc3)nc2n1. The van der Waals surface area contributed by atoms with Gasteiger partial charge < -0.3 is 21.1 Å². The third-order valence-corrected chi connectivity index (χ3v) is 4.78. The third-order valence-electron chi connectivity index (χ3n) is 4.78. The molecule has 0 spiro atoms. The number of fused-ring (bicyclic) bond motifs is 1. The number of urea groups is 1. The lowest BCUT2D eigenvalue weighted by atomic mass is 10.1. The minimum atomic E-state index is -0.305. The zero-order chi connectivity index (χ0) is 22.6. The molecular formula is C24H28N6O2. The number of carbonyl (C=O) groups is 1. The Kier molecular flexibility index (Phi) is 8.70. The van der Waals surface area contributed by atoms with Crippen molar-refractivity contribution in [3.8, 4) is 0 Å². The van der Waals surface area contributed by atoms with Gasteiger partial charge in [-0.3, -0.25) is 5.32 Å². The number of nitrogens with one attached hydrogen (secondary N) is 4. The fourth-order valence-corrected chi connectivity index (χ4v) is 3.13. The zero-order valence-electron chi connectivity index (χ0n) is 17.8. The Labute approximate surface area is 187 Å². The summed E-state index contributed by atoms with van der Waals surface area (Å²) in [5.74, 6) is 0.405. The first-order chi connectivity index (χ1) is 15.7. The number of aryl methyl sites for hydroxylation is 1. The number of unbranched alkanes of at least 4 members (excludes halogenated alkanes) is 1. The number of nitrogens with zero attached hydrogens (tertiary/aromatic N) is 2. The van der Waals surface area contributed by atoms with Gasteiger partial charge in [0.2, 0.25) is 0 Å². The summed E-state index contributed by atoms with van der Waals surface area (Å²) >= 11 is 0. The van der Waals surface area contributed by atoms with Gasteiger partial charge in [0.15, 0.2) is 5.65 Å². The number of hydrogen-bond acceptors (Lipinski definition) is 6. The molecule has 0 saturated heterocycles. The summed E-state index contributed by atoms with van der Waals surface area (Å²) in [5.41, 5.74) is 2.91. The standard InChI is InChI=1S/C24H28N6O2/c25-16-20(17-26-14-15-31)21-11-9-19-10-12-22(29-23(19)28-21)30-24(32)27-13-5-4-8-18-6-2-1-3-7-18/h1-3,6-7,9-12,16-17,25-26,31H,4-5,8,13-15H2,(H2,27,28,29,30,32)/b20-17+,25-16?. The Morgan fingerprint density at radius 1 is 1.00 bits per heavy atom. The van der Waals surface area contributed by atoms with Crippen molar-refractivity contribution in [2.45, 2.75) is 19.3 Å². The van der Waals surface area contributed by atoms with Gasteiger partial charge in [-0.1, -0.05) is 30.3 Å². The number of benzene rings is 1. The van der Waals surface area contributed by atoms with Crippen molar-refractivity contribution < 1.29 is 9.90 Å². The fraction of sp³-hybridized carbons (Fsp3) is 0.250. The van der Waals surface area contributed by atoms with Gasteiger partial charge in [-0.2, -0.15) is 0 Å². The van der Waals surface area contributed by atoms with Crippen molar-refractivity contribution in [2.24, 2.45) is 0 Å². The normalized spacial score (nSPS) is 11.2. The molecule has 0 aliphatic rings. The van der Waals surface area contributed by atoms with E-state index in [0.717, 1.165) is 24.6 Å². The second-order valence-corrected chi connectivity index (χ2v) is 7.19. The van der Waals surface area contributed by atoms with Crippen molar-refractivity contribution in [1.82, 2.24) is 20.6 Å².